The summed E-state index contributed by atoms with van der Waals surface area (Å²) in [5.74, 6) is -0.854. The van der Waals surface area contributed by atoms with Crippen molar-refractivity contribution in [1.29, 1.82) is 0 Å². The van der Waals surface area contributed by atoms with Crippen LogP contribution in [0.15, 0.2) is 22.0 Å². The van der Waals surface area contributed by atoms with Gasteiger partial charge in [0.05, 0.1) is 18.0 Å². The molecule has 0 aliphatic carbocycles. The Morgan fingerprint density at radius 1 is 1.57 bits per heavy atom. The van der Waals surface area contributed by atoms with Crippen molar-refractivity contribution in [2.75, 3.05) is 13.7 Å². The summed E-state index contributed by atoms with van der Waals surface area (Å²) in [4.78, 5) is 24.6. The maximum Gasteiger partial charge on any atom is 0.341 e. The molecule has 0 aromatic carbocycles. The van der Waals surface area contributed by atoms with Gasteiger partial charge in [-0.2, -0.15) is 0 Å². The van der Waals surface area contributed by atoms with Crippen molar-refractivity contribution in [2.45, 2.75) is 31.7 Å². The molecule has 0 fully saturated rings. The SMILES string of the molecule is COCC1NC2=C(CC(C(C)C)n3cc(C(=O)O)c(=O)cc32)S1. The fourth-order valence-electron chi connectivity index (χ4n) is 3.13. The van der Waals surface area contributed by atoms with Crippen molar-refractivity contribution < 1.29 is 14.6 Å². The molecule has 3 heterocycles. The monoisotopic (exact) mass is 336 g/mol. The number of carbonyl (C=O) groups is 1. The Hall–Kier alpha value is -1.73. The van der Waals surface area contributed by atoms with Gasteiger partial charge in [-0.3, -0.25) is 4.79 Å². The molecule has 6 nitrogen and oxygen atoms in total. The van der Waals surface area contributed by atoms with E-state index in [1.54, 1.807) is 18.9 Å². The molecule has 0 amide bonds. The van der Waals surface area contributed by atoms with Crippen molar-refractivity contribution in [2.24, 2.45) is 5.92 Å². The van der Waals surface area contributed by atoms with Crippen LogP contribution in [0, 0.1) is 5.92 Å². The topological polar surface area (TPSA) is 80.6 Å². The third kappa shape index (κ3) is 2.79. The van der Waals surface area contributed by atoms with E-state index >= 15 is 0 Å². The highest BCUT2D eigenvalue weighted by molar-refractivity contribution is 8.04. The lowest BCUT2D eigenvalue weighted by Gasteiger charge is -2.32. The maximum atomic E-state index is 12.1. The fourth-order valence-corrected chi connectivity index (χ4v) is 4.40. The number of rotatable bonds is 4. The summed E-state index contributed by atoms with van der Waals surface area (Å²) in [6.45, 7) is 4.79. The highest BCUT2D eigenvalue weighted by Gasteiger charge is 2.35. The smallest absolute Gasteiger partial charge is 0.341 e. The summed E-state index contributed by atoms with van der Waals surface area (Å²) >= 11 is 1.73. The zero-order chi connectivity index (χ0) is 16.7. The first-order chi connectivity index (χ1) is 10.9. The summed E-state index contributed by atoms with van der Waals surface area (Å²) < 4.78 is 7.15. The summed E-state index contributed by atoms with van der Waals surface area (Å²) in [5.41, 5.74) is 1.07. The fraction of sp³-hybridized carbons (Fsp3) is 0.500. The molecular formula is C16H20N2O4S. The molecule has 0 bridgehead atoms. The van der Waals surface area contributed by atoms with Gasteiger partial charge in [0.1, 0.15) is 10.9 Å². The number of carboxylic acid groups (broad SMARTS) is 1. The van der Waals surface area contributed by atoms with Gasteiger partial charge >= 0.3 is 5.97 Å². The number of ether oxygens (including phenoxy) is 1. The number of hydrogen-bond acceptors (Lipinski definition) is 5. The third-order valence-electron chi connectivity index (χ3n) is 4.27. The maximum absolute atomic E-state index is 12.1. The number of methoxy groups -OCH3 is 1. The molecule has 124 valence electrons. The molecule has 0 saturated heterocycles. The largest absolute Gasteiger partial charge is 0.477 e. The van der Waals surface area contributed by atoms with Gasteiger partial charge in [0.15, 0.2) is 5.43 Å². The van der Waals surface area contributed by atoms with E-state index in [0.717, 1.165) is 17.8 Å². The molecule has 2 aliphatic rings. The number of aromatic carboxylic acids is 1. The number of carboxylic acids is 1. The van der Waals surface area contributed by atoms with Crippen LogP contribution in [-0.4, -0.2) is 34.7 Å². The molecule has 1 aromatic heterocycles. The molecule has 2 atom stereocenters. The lowest BCUT2D eigenvalue weighted by Crippen LogP contribution is -2.31. The Kier molecular flexibility index (Phi) is 4.25. The van der Waals surface area contributed by atoms with E-state index in [0.29, 0.717) is 12.5 Å². The van der Waals surface area contributed by atoms with E-state index in [2.05, 4.69) is 19.2 Å². The number of hydrogen-bond donors (Lipinski definition) is 2. The van der Waals surface area contributed by atoms with Crippen LogP contribution in [0.1, 0.15) is 42.4 Å². The molecule has 1 aromatic rings. The predicted molar refractivity (Wildman–Crippen MR) is 89.5 cm³/mol. The highest BCUT2D eigenvalue weighted by Crippen LogP contribution is 2.45. The quantitative estimate of drug-likeness (QED) is 0.877. The Morgan fingerprint density at radius 3 is 2.91 bits per heavy atom. The van der Waals surface area contributed by atoms with E-state index in [1.807, 2.05) is 4.57 Å². The second kappa shape index (κ2) is 6.05. The standard InChI is InChI=1S/C16H20N2O4S/c1-8(2)10-5-13-15(17-14(23-13)7-22-3)11-4-12(19)9(16(20)21)6-18(10)11/h4,6,8,10,14,17H,5,7H2,1-3H3,(H,20,21). The second-order valence-corrected chi connectivity index (χ2v) is 7.47. The summed E-state index contributed by atoms with van der Waals surface area (Å²) in [6.07, 6.45) is 2.32. The van der Waals surface area contributed by atoms with Crippen LogP contribution < -0.4 is 10.7 Å². The van der Waals surface area contributed by atoms with Crippen molar-refractivity contribution in [3.05, 3.63) is 38.6 Å². The van der Waals surface area contributed by atoms with Gasteiger partial charge in [-0.1, -0.05) is 13.8 Å². The highest BCUT2D eigenvalue weighted by atomic mass is 32.2. The van der Waals surface area contributed by atoms with Crippen LogP contribution in [0.2, 0.25) is 0 Å². The van der Waals surface area contributed by atoms with Gasteiger partial charge in [-0.05, 0) is 5.92 Å². The van der Waals surface area contributed by atoms with Gasteiger partial charge in [0, 0.05) is 36.7 Å². The molecule has 0 radical (unpaired) electrons. The molecule has 7 heteroatoms. The zero-order valence-electron chi connectivity index (χ0n) is 13.3. The van der Waals surface area contributed by atoms with Gasteiger partial charge < -0.3 is 19.7 Å². The summed E-state index contributed by atoms with van der Waals surface area (Å²) in [7, 11) is 1.66. The minimum atomic E-state index is -1.18. The Morgan fingerprint density at radius 2 is 2.30 bits per heavy atom. The predicted octanol–water partition coefficient (Wildman–Crippen LogP) is 2.12. The molecule has 2 N–H and O–H groups in total. The second-order valence-electron chi connectivity index (χ2n) is 6.17. The van der Waals surface area contributed by atoms with Crippen LogP contribution in [-0.2, 0) is 4.74 Å². The summed E-state index contributed by atoms with van der Waals surface area (Å²) in [5, 5.41) is 12.7. The van der Waals surface area contributed by atoms with E-state index in [4.69, 9.17) is 4.74 Å². The van der Waals surface area contributed by atoms with E-state index in [-0.39, 0.29) is 17.0 Å². The van der Waals surface area contributed by atoms with Crippen LogP contribution in [0.5, 0.6) is 0 Å². The number of fused-ring (bicyclic) bond motifs is 2. The number of nitrogens with one attached hydrogen (secondary N) is 1. The molecule has 23 heavy (non-hydrogen) atoms. The van der Waals surface area contributed by atoms with Crippen molar-refractivity contribution in [3.8, 4) is 0 Å². The average molecular weight is 336 g/mol. The first kappa shape index (κ1) is 16.1. The minimum absolute atomic E-state index is 0.124. The zero-order valence-corrected chi connectivity index (χ0v) is 14.1. The van der Waals surface area contributed by atoms with Crippen LogP contribution in [0.3, 0.4) is 0 Å². The normalized spacial score (nSPS) is 22.8. The van der Waals surface area contributed by atoms with E-state index in [1.165, 1.54) is 17.2 Å². The molecule has 0 saturated carbocycles. The Balaban J connectivity index is 2.10. The van der Waals surface area contributed by atoms with Crippen LogP contribution >= 0.6 is 11.8 Å². The van der Waals surface area contributed by atoms with Crippen LogP contribution in [0.4, 0.5) is 0 Å². The lowest BCUT2D eigenvalue weighted by molar-refractivity contribution is 0.0694. The number of thioether (sulfide) groups is 1. The van der Waals surface area contributed by atoms with Gasteiger partial charge in [0.25, 0.3) is 0 Å². The molecular weight excluding hydrogens is 316 g/mol. The van der Waals surface area contributed by atoms with Crippen molar-refractivity contribution in [3.63, 3.8) is 0 Å². The average Bonchev–Trinajstić information content (AvgIpc) is 2.88. The third-order valence-corrected chi connectivity index (χ3v) is 5.47. The summed E-state index contributed by atoms with van der Waals surface area (Å²) in [6, 6.07) is 1.58. The van der Waals surface area contributed by atoms with Crippen molar-refractivity contribution in [1.82, 2.24) is 9.88 Å². The number of nitrogens with zero attached hydrogens (tertiary/aromatic N) is 1. The molecule has 3 rings (SSSR count). The molecule has 2 unspecified atom stereocenters. The molecule has 0 spiro atoms. The minimum Gasteiger partial charge on any atom is -0.477 e. The van der Waals surface area contributed by atoms with E-state index < -0.39 is 11.4 Å². The first-order valence-corrected chi connectivity index (χ1v) is 8.45. The number of allylic oxidation sites excluding steroid dienone is 1. The van der Waals surface area contributed by atoms with Gasteiger partial charge in [-0.15, -0.1) is 11.8 Å². The van der Waals surface area contributed by atoms with E-state index in [9.17, 15) is 14.7 Å². The lowest BCUT2D eigenvalue weighted by atomic mass is 9.95. The van der Waals surface area contributed by atoms with Gasteiger partial charge in [0.2, 0.25) is 0 Å². The number of pyridine rings is 1. The first-order valence-electron chi connectivity index (χ1n) is 7.57. The Labute approximate surface area is 138 Å². The van der Waals surface area contributed by atoms with Crippen molar-refractivity contribution >= 4 is 23.4 Å². The van der Waals surface area contributed by atoms with Gasteiger partial charge in [-0.25, -0.2) is 4.79 Å². The number of aromatic nitrogens is 1. The Bertz CT molecular complexity index is 738. The van der Waals surface area contributed by atoms with Crippen LogP contribution in [0.25, 0.3) is 5.70 Å². The molecule has 2 aliphatic heterocycles.